The van der Waals surface area contributed by atoms with Crippen molar-refractivity contribution in [3.8, 4) is 11.5 Å². The lowest BCUT2D eigenvalue weighted by atomic mass is 10.2. The van der Waals surface area contributed by atoms with Crippen LogP contribution in [0.4, 0.5) is 10.8 Å². The Hall–Kier alpha value is -2.28. The van der Waals surface area contributed by atoms with Gasteiger partial charge < -0.3 is 20.1 Å². The summed E-state index contributed by atoms with van der Waals surface area (Å²) < 4.78 is 10.5. The van der Waals surface area contributed by atoms with E-state index in [1.54, 1.807) is 33.3 Å². The fourth-order valence-corrected chi connectivity index (χ4v) is 2.53. The molecular weight excluding hydrogens is 302 g/mol. The zero-order chi connectivity index (χ0) is 16.1. The quantitative estimate of drug-likeness (QED) is 0.856. The maximum absolute atomic E-state index is 12.2. The Morgan fingerprint density at radius 3 is 2.68 bits per heavy atom. The molecule has 0 fully saturated rings. The van der Waals surface area contributed by atoms with Crippen molar-refractivity contribution in [2.45, 2.75) is 19.9 Å². The molecule has 118 valence electrons. The van der Waals surface area contributed by atoms with Gasteiger partial charge in [-0.1, -0.05) is 0 Å². The lowest BCUT2D eigenvalue weighted by Crippen LogP contribution is -2.32. The molecule has 0 radical (unpaired) electrons. The summed E-state index contributed by atoms with van der Waals surface area (Å²) in [5, 5.41) is 8.39. The maximum atomic E-state index is 12.2. The second-order valence-electron chi connectivity index (χ2n) is 4.72. The number of rotatable bonds is 6. The average molecular weight is 321 g/mol. The molecule has 2 N–H and O–H groups in total. The largest absolute Gasteiger partial charge is 0.497 e. The molecular formula is C15H19N3O3S. The molecule has 22 heavy (non-hydrogen) atoms. The minimum atomic E-state index is -0.438. The number of thiazole rings is 1. The van der Waals surface area contributed by atoms with E-state index in [0.717, 1.165) is 11.4 Å². The SMILES string of the molecule is COc1ccc(NC(C)C(=O)Nc2nc(C)cs2)c(OC)c1. The number of anilines is 2. The normalized spacial score (nSPS) is 11.6. The minimum Gasteiger partial charge on any atom is -0.497 e. The second kappa shape index (κ2) is 7.13. The Bertz CT molecular complexity index is 657. The molecule has 6 nitrogen and oxygen atoms in total. The number of amides is 1. The van der Waals surface area contributed by atoms with E-state index in [4.69, 9.17) is 9.47 Å². The topological polar surface area (TPSA) is 72.5 Å². The number of aryl methyl sites for hydroxylation is 1. The van der Waals surface area contributed by atoms with Gasteiger partial charge in [-0.25, -0.2) is 4.98 Å². The Balaban J connectivity index is 2.04. The second-order valence-corrected chi connectivity index (χ2v) is 5.57. The Labute approximate surface area is 133 Å². The van der Waals surface area contributed by atoms with E-state index in [-0.39, 0.29) is 5.91 Å². The molecule has 1 unspecified atom stereocenters. The summed E-state index contributed by atoms with van der Waals surface area (Å²) in [5.41, 5.74) is 1.61. The Kier molecular flexibility index (Phi) is 5.21. The molecule has 1 atom stereocenters. The van der Waals surface area contributed by atoms with Crippen LogP contribution in [0.2, 0.25) is 0 Å². The first kappa shape index (κ1) is 16.1. The molecule has 0 aliphatic heterocycles. The van der Waals surface area contributed by atoms with Crippen LogP contribution in [0.3, 0.4) is 0 Å². The number of carbonyl (C=O) groups is 1. The van der Waals surface area contributed by atoms with Gasteiger partial charge >= 0.3 is 0 Å². The highest BCUT2D eigenvalue weighted by Crippen LogP contribution is 2.29. The van der Waals surface area contributed by atoms with Gasteiger partial charge in [0, 0.05) is 11.4 Å². The van der Waals surface area contributed by atoms with Crippen LogP contribution in [0.5, 0.6) is 11.5 Å². The first-order valence-corrected chi connectivity index (χ1v) is 7.63. The van der Waals surface area contributed by atoms with Gasteiger partial charge in [0.1, 0.15) is 17.5 Å². The number of nitrogens with zero attached hydrogens (tertiary/aromatic N) is 1. The van der Waals surface area contributed by atoms with Crippen LogP contribution in [-0.4, -0.2) is 31.2 Å². The van der Waals surface area contributed by atoms with Crippen LogP contribution in [0.25, 0.3) is 0 Å². The van der Waals surface area contributed by atoms with Crippen LogP contribution >= 0.6 is 11.3 Å². The Morgan fingerprint density at radius 1 is 1.32 bits per heavy atom. The van der Waals surface area contributed by atoms with Crippen LogP contribution in [-0.2, 0) is 4.79 Å². The van der Waals surface area contributed by atoms with Gasteiger partial charge in [0.15, 0.2) is 5.13 Å². The highest BCUT2D eigenvalue weighted by atomic mass is 32.1. The predicted molar refractivity (Wildman–Crippen MR) is 88.1 cm³/mol. The van der Waals surface area contributed by atoms with Gasteiger partial charge in [-0.15, -0.1) is 11.3 Å². The maximum Gasteiger partial charge on any atom is 0.248 e. The molecule has 0 spiro atoms. The Morgan fingerprint density at radius 2 is 2.09 bits per heavy atom. The molecule has 0 aliphatic carbocycles. The molecule has 1 amide bonds. The number of hydrogen-bond donors (Lipinski definition) is 2. The molecule has 7 heteroatoms. The van der Waals surface area contributed by atoms with Crippen molar-refractivity contribution in [1.29, 1.82) is 0 Å². The third kappa shape index (κ3) is 3.88. The van der Waals surface area contributed by atoms with E-state index >= 15 is 0 Å². The first-order chi connectivity index (χ1) is 10.5. The van der Waals surface area contributed by atoms with E-state index in [2.05, 4.69) is 15.6 Å². The van der Waals surface area contributed by atoms with E-state index in [9.17, 15) is 4.79 Å². The van der Waals surface area contributed by atoms with Crippen LogP contribution in [0.1, 0.15) is 12.6 Å². The zero-order valence-corrected chi connectivity index (χ0v) is 13.8. The van der Waals surface area contributed by atoms with Crippen molar-refractivity contribution < 1.29 is 14.3 Å². The number of hydrogen-bond acceptors (Lipinski definition) is 6. The number of carbonyl (C=O) groups excluding carboxylic acids is 1. The van der Waals surface area contributed by atoms with Crippen molar-refractivity contribution in [1.82, 2.24) is 4.98 Å². The van der Waals surface area contributed by atoms with Crippen LogP contribution in [0.15, 0.2) is 23.6 Å². The molecule has 1 aromatic carbocycles. The molecule has 1 aromatic heterocycles. The van der Waals surface area contributed by atoms with E-state index in [1.165, 1.54) is 11.3 Å². The highest BCUT2D eigenvalue weighted by molar-refractivity contribution is 7.13. The summed E-state index contributed by atoms with van der Waals surface area (Å²) in [7, 11) is 3.16. The summed E-state index contributed by atoms with van der Waals surface area (Å²) in [6.07, 6.45) is 0. The highest BCUT2D eigenvalue weighted by Gasteiger charge is 2.16. The van der Waals surface area contributed by atoms with Gasteiger partial charge in [0.2, 0.25) is 5.91 Å². The third-order valence-corrected chi connectivity index (χ3v) is 3.90. The molecule has 0 bridgehead atoms. The van der Waals surface area contributed by atoms with E-state index in [0.29, 0.717) is 16.6 Å². The lowest BCUT2D eigenvalue weighted by molar-refractivity contribution is -0.116. The number of methoxy groups -OCH3 is 2. The standard InChI is InChI=1S/C15H19N3O3S/c1-9-8-22-15(16-9)18-14(19)10(2)17-12-6-5-11(20-3)7-13(12)21-4/h5-8,10,17H,1-4H3,(H,16,18,19). The van der Waals surface area contributed by atoms with E-state index < -0.39 is 6.04 Å². The third-order valence-electron chi connectivity index (χ3n) is 3.02. The first-order valence-electron chi connectivity index (χ1n) is 6.75. The van der Waals surface area contributed by atoms with E-state index in [1.807, 2.05) is 18.4 Å². The predicted octanol–water partition coefficient (Wildman–Crippen LogP) is 2.91. The van der Waals surface area contributed by atoms with Gasteiger partial charge in [-0.3, -0.25) is 4.79 Å². The average Bonchev–Trinajstić information content (AvgIpc) is 2.92. The molecule has 2 rings (SSSR count). The molecule has 1 heterocycles. The van der Waals surface area contributed by atoms with Crippen LogP contribution < -0.4 is 20.1 Å². The molecule has 0 saturated heterocycles. The summed E-state index contributed by atoms with van der Waals surface area (Å²) in [4.78, 5) is 16.4. The van der Waals surface area contributed by atoms with Gasteiger partial charge in [0.05, 0.1) is 25.6 Å². The number of ether oxygens (including phenoxy) is 2. The summed E-state index contributed by atoms with van der Waals surface area (Å²) in [6.45, 7) is 3.66. The van der Waals surface area contributed by atoms with Gasteiger partial charge in [0.25, 0.3) is 0 Å². The van der Waals surface area contributed by atoms with Crippen LogP contribution in [0, 0.1) is 6.92 Å². The summed E-state index contributed by atoms with van der Waals surface area (Å²) >= 11 is 1.40. The zero-order valence-electron chi connectivity index (χ0n) is 13.0. The minimum absolute atomic E-state index is 0.160. The molecule has 0 saturated carbocycles. The number of aromatic nitrogens is 1. The monoisotopic (exact) mass is 321 g/mol. The molecule has 0 aliphatic rings. The van der Waals surface area contributed by atoms with Crippen molar-refractivity contribution in [3.05, 3.63) is 29.3 Å². The fourth-order valence-electron chi connectivity index (χ4n) is 1.84. The van der Waals surface area contributed by atoms with Crippen molar-refractivity contribution in [2.24, 2.45) is 0 Å². The van der Waals surface area contributed by atoms with Crippen molar-refractivity contribution in [2.75, 3.05) is 24.9 Å². The number of benzene rings is 1. The van der Waals surface area contributed by atoms with Crippen molar-refractivity contribution >= 4 is 28.1 Å². The summed E-state index contributed by atoms with van der Waals surface area (Å²) in [6, 6.07) is 4.94. The van der Waals surface area contributed by atoms with Crippen molar-refractivity contribution in [3.63, 3.8) is 0 Å². The number of nitrogens with one attached hydrogen (secondary N) is 2. The van der Waals surface area contributed by atoms with Gasteiger partial charge in [-0.05, 0) is 26.0 Å². The lowest BCUT2D eigenvalue weighted by Gasteiger charge is -2.17. The van der Waals surface area contributed by atoms with Gasteiger partial charge in [-0.2, -0.15) is 0 Å². The smallest absolute Gasteiger partial charge is 0.248 e. The molecule has 2 aromatic rings. The summed E-state index contributed by atoms with van der Waals surface area (Å²) in [5.74, 6) is 1.15. The fraction of sp³-hybridized carbons (Fsp3) is 0.333.